The van der Waals surface area contributed by atoms with Gasteiger partial charge in [0.1, 0.15) is 36.4 Å². The Morgan fingerprint density at radius 2 is 1.21 bits per heavy atom. The van der Waals surface area contributed by atoms with Gasteiger partial charge in [-0.1, -0.05) is 98.9 Å². The zero-order valence-electron chi connectivity index (χ0n) is 43.3. The van der Waals surface area contributed by atoms with Gasteiger partial charge in [0.2, 0.25) is 5.79 Å². The molecule has 432 valence electrons. The number of rotatable bonds is 6. The first-order chi connectivity index (χ1) is 35.7. The zero-order chi connectivity index (χ0) is 56.5. The van der Waals surface area contributed by atoms with Crippen LogP contribution < -0.4 is 5.32 Å². The maximum absolute atomic E-state index is 12.7. The first-order valence-electron chi connectivity index (χ1n) is 25.8. The van der Waals surface area contributed by atoms with Gasteiger partial charge in [0, 0.05) is 31.1 Å². The molecule has 23 atom stereocenters. The highest BCUT2D eigenvalue weighted by molar-refractivity contribution is 5.71. The second-order valence-corrected chi connectivity index (χ2v) is 20.6. The number of aliphatic hydroxyl groups excluding tert-OH is 12. The van der Waals surface area contributed by atoms with Gasteiger partial charge in [0.05, 0.1) is 92.8 Å². The lowest BCUT2D eigenvalue weighted by molar-refractivity contribution is -0.323. The van der Waals surface area contributed by atoms with Crippen LogP contribution in [0.2, 0.25) is 0 Å². The topological polar surface area (TPSA) is 396 Å². The van der Waals surface area contributed by atoms with Crippen LogP contribution in [0.3, 0.4) is 0 Å². The van der Waals surface area contributed by atoms with Crippen molar-refractivity contribution < 1.29 is 110 Å². The lowest BCUT2D eigenvalue weighted by Crippen LogP contribution is -2.69. The summed E-state index contributed by atoms with van der Waals surface area (Å²) in [6.45, 7) is 5.38. The summed E-state index contributed by atoms with van der Waals surface area (Å²) in [6, 6.07) is -1.36. The van der Waals surface area contributed by atoms with Crippen LogP contribution in [0.5, 0.6) is 0 Å². The number of fused-ring (bicyclic) bond motifs is 2. The van der Waals surface area contributed by atoms with E-state index in [0.717, 1.165) is 0 Å². The van der Waals surface area contributed by atoms with Crippen molar-refractivity contribution in [2.45, 2.75) is 201 Å². The quantitative estimate of drug-likeness (QED) is 0.130. The third kappa shape index (κ3) is 19.6. The Bertz CT molecular complexity index is 2000. The number of ether oxygens (including phenoxy) is 5. The molecule has 3 fully saturated rings. The highest BCUT2D eigenvalue weighted by Gasteiger charge is 2.53. The number of allylic oxidation sites excluding steroid dienone is 12. The van der Waals surface area contributed by atoms with Crippen LogP contribution in [0.25, 0.3) is 0 Å². The van der Waals surface area contributed by atoms with E-state index in [1.807, 2.05) is 6.92 Å². The Morgan fingerprint density at radius 3 is 1.82 bits per heavy atom. The number of hydrogen-bond acceptors (Lipinski definition) is 22. The normalized spacial score (nSPS) is 46.8. The molecule has 4 heterocycles. The van der Waals surface area contributed by atoms with E-state index in [2.05, 4.69) is 5.32 Å². The summed E-state index contributed by atoms with van der Waals surface area (Å²) < 4.78 is 28.7. The molecule has 4 aliphatic rings. The number of carbonyl (C=O) groups excluding carboxylic acids is 1. The van der Waals surface area contributed by atoms with Gasteiger partial charge in [-0.25, -0.2) is 0 Å². The molecular formula is C53H83NO22. The Balaban J connectivity index is 1.59. The fourth-order valence-corrected chi connectivity index (χ4v) is 9.47. The average molecular weight is 1090 g/mol. The molecule has 0 aromatic heterocycles. The molecule has 0 spiro atoms. The minimum absolute atomic E-state index is 0.186. The standard InChI is InChI=1S/C53H83NO22/c1-29-17-15-13-11-9-7-5-6-8-10-12-14-16-18-36(75-51-48(66)44(46(64)32(4)74-51)54-28-53(71)49(67)47(65)40(61)27-72-53)24-41-43(50(68)69)39(60)26-52(70,76-41)25-38(59)37(58)20-19-33(55)21-34(56)22-35(57)23-42(62)73-31(3)30(2)45(29)63/h5-18,29-41,43-49,51,54-61,63-67,70-71H,19-28H2,1-4H3,(H,68,69)/b6-5+,9-7+,10-8+,13-11+,14-12+,17-15+,18-16+/t29-,30-,31-,32-,33+,34+,35+,36-,37+,38+,39-,40+,41-,43+,44+,45+,46-,47-,48+,49-,51+,52+,53-/m0/s1. The highest BCUT2D eigenvalue weighted by Crippen LogP contribution is 2.38. The van der Waals surface area contributed by atoms with Gasteiger partial charge >= 0.3 is 11.9 Å². The van der Waals surface area contributed by atoms with E-state index in [1.165, 1.54) is 19.1 Å². The third-order valence-corrected chi connectivity index (χ3v) is 14.2. The van der Waals surface area contributed by atoms with Crippen molar-refractivity contribution in [3.05, 3.63) is 85.1 Å². The van der Waals surface area contributed by atoms with Gasteiger partial charge in [-0.3, -0.25) is 9.59 Å². The lowest BCUT2D eigenvalue weighted by atomic mass is 9.82. The molecule has 0 amide bonds. The Labute approximate surface area is 442 Å². The first-order valence-corrected chi connectivity index (χ1v) is 25.8. The van der Waals surface area contributed by atoms with Crippen molar-refractivity contribution in [1.29, 1.82) is 0 Å². The van der Waals surface area contributed by atoms with Crippen molar-refractivity contribution >= 4 is 11.9 Å². The predicted molar refractivity (Wildman–Crippen MR) is 270 cm³/mol. The molecule has 2 bridgehead atoms. The van der Waals surface area contributed by atoms with E-state index in [9.17, 15) is 86.2 Å². The molecule has 76 heavy (non-hydrogen) atoms. The van der Waals surface area contributed by atoms with Crippen LogP contribution in [0.1, 0.15) is 79.1 Å². The highest BCUT2D eigenvalue weighted by atomic mass is 16.7. The second-order valence-electron chi connectivity index (χ2n) is 20.6. The van der Waals surface area contributed by atoms with Gasteiger partial charge in [-0.05, 0) is 39.5 Å². The number of carboxylic acid groups (broad SMARTS) is 1. The van der Waals surface area contributed by atoms with E-state index in [4.69, 9.17) is 23.7 Å². The molecule has 4 rings (SSSR count). The van der Waals surface area contributed by atoms with Crippen LogP contribution in [-0.4, -0.2) is 223 Å². The molecule has 0 unspecified atom stereocenters. The van der Waals surface area contributed by atoms with E-state index in [0.29, 0.717) is 0 Å². The van der Waals surface area contributed by atoms with Crippen molar-refractivity contribution in [3.63, 3.8) is 0 Å². The molecule has 4 aliphatic heterocycles. The molecule has 0 saturated carbocycles. The number of aliphatic carboxylic acids is 1. The fraction of sp³-hybridized carbons (Fsp3) is 0.698. The molecule has 0 radical (unpaired) electrons. The van der Waals surface area contributed by atoms with Gasteiger partial charge < -0.3 is 106 Å². The van der Waals surface area contributed by atoms with Gasteiger partial charge in [0.25, 0.3) is 0 Å². The molecule has 0 aromatic rings. The van der Waals surface area contributed by atoms with E-state index >= 15 is 0 Å². The fourth-order valence-electron chi connectivity index (χ4n) is 9.47. The summed E-state index contributed by atoms with van der Waals surface area (Å²) in [6.07, 6.45) is -4.45. The van der Waals surface area contributed by atoms with Crippen molar-refractivity contribution in [2.24, 2.45) is 17.8 Å². The maximum Gasteiger partial charge on any atom is 0.311 e. The average Bonchev–Trinajstić information content (AvgIpc) is 3.33. The number of carbonyl (C=O) groups is 2. The monoisotopic (exact) mass is 1090 g/mol. The van der Waals surface area contributed by atoms with Crippen molar-refractivity contribution in [3.8, 4) is 0 Å². The van der Waals surface area contributed by atoms with Crippen LogP contribution in [-0.2, 0) is 33.3 Å². The van der Waals surface area contributed by atoms with Crippen molar-refractivity contribution in [2.75, 3.05) is 13.2 Å². The summed E-state index contributed by atoms with van der Waals surface area (Å²) in [5.41, 5.74) is 0. The molecule has 16 N–H and O–H groups in total. The second kappa shape index (κ2) is 30.6. The van der Waals surface area contributed by atoms with Gasteiger partial charge in [-0.15, -0.1) is 0 Å². The Morgan fingerprint density at radius 1 is 0.645 bits per heavy atom. The summed E-state index contributed by atoms with van der Waals surface area (Å²) in [4.78, 5) is 25.4. The summed E-state index contributed by atoms with van der Waals surface area (Å²) in [5, 5.41) is 165. The third-order valence-electron chi connectivity index (χ3n) is 14.2. The summed E-state index contributed by atoms with van der Waals surface area (Å²) >= 11 is 0. The molecule has 3 saturated heterocycles. The van der Waals surface area contributed by atoms with E-state index < -0.39 is 184 Å². The molecular weight excluding hydrogens is 1000 g/mol. The van der Waals surface area contributed by atoms with Crippen LogP contribution >= 0.6 is 0 Å². The number of hydrogen-bond donors (Lipinski definition) is 16. The van der Waals surface area contributed by atoms with Gasteiger partial charge in [0.15, 0.2) is 12.1 Å². The van der Waals surface area contributed by atoms with Crippen molar-refractivity contribution in [1.82, 2.24) is 5.32 Å². The minimum atomic E-state index is -2.47. The van der Waals surface area contributed by atoms with Crippen LogP contribution in [0.4, 0.5) is 0 Å². The largest absolute Gasteiger partial charge is 0.481 e. The molecule has 0 aliphatic carbocycles. The molecule has 23 nitrogen and oxygen atoms in total. The van der Waals surface area contributed by atoms with Gasteiger partial charge in [-0.2, -0.15) is 0 Å². The number of aliphatic hydroxyl groups is 14. The minimum Gasteiger partial charge on any atom is -0.481 e. The lowest BCUT2D eigenvalue weighted by Gasteiger charge is -2.46. The predicted octanol–water partition coefficient (Wildman–Crippen LogP) is -1.86. The zero-order valence-corrected chi connectivity index (χ0v) is 43.3. The summed E-state index contributed by atoms with van der Waals surface area (Å²) in [7, 11) is 0. The number of cyclic esters (lactones) is 1. The molecule has 0 aromatic carbocycles. The number of nitrogens with one attached hydrogen (secondary N) is 1. The maximum atomic E-state index is 12.7. The number of esters is 1. The number of carboxylic acids is 1. The summed E-state index contributed by atoms with van der Waals surface area (Å²) in [5.74, 6) is -9.70. The first kappa shape index (κ1) is 64.9. The SMILES string of the molecule is C[C@@H]1[C@H](O)[C@@H](C)/C=C/C=C/C=C/C=C/C=C/C=C/C=C/[C@H](O[C@H]2O[C@@H](C)[C@H](O)[C@@H](NC[C@]3(O)OC[C@@H](O)[C@H](O)[C@@H]3O)[C@H]2O)C[C@@H]2O[C@](O)(C[C@@H](O)[C@H](O)CC[C@@H](O)C[C@@H](O)C[C@@H](O)CC(=O)O[C@H]1C)C[C@H](O)[C@H]2C(=O)O. The Hall–Kier alpha value is -3.64. The van der Waals surface area contributed by atoms with Crippen LogP contribution in [0.15, 0.2) is 85.1 Å². The van der Waals surface area contributed by atoms with Crippen LogP contribution in [0, 0.1) is 17.8 Å². The van der Waals surface area contributed by atoms with E-state index in [1.54, 1.807) is 86.8 Å². The Kier molecular flexibility index (Phi) is 26.2. The molecule has 23 heteroatoms. The van der Waals surface area contributed by atoms with E-state index in [-0.39, 0.29) is 31.6 Å². The smallest absolute Gasteiger partial charge is 0.311 e.